The zero-order valence-corrected chi connectivity index (χ0v) is 20.5. The average molecular weight is 567 g/mol. The van der Waals surface area contributed by atoms with Crippen molar-refractivity contribution in [2.45, 2.75) is 48.5 Å². The molecule has 0 saturated carbocycles. The van der Waals surface area contributed by atoms with Gasteiger partial charge in [0, 0.05) is 31.6 Å². The van der Waals surface area contributed by atoms with Crippen molar-refractivity contribution in [3.8, 4) is 11.3 Å². The van der Waals surface area contributed by atoms with E-state index in [1.807, 2.05) is 6.07 Å². The fraction of sp³-hybridized carbons (Fsp3) is 0.280. The molecule has 4 heteroatoms. The van der Waals surface area contributed by atoms with Gasteiger partial charge in [0.25, 0.3) is 0 Å². The number of hydrogen-bond donors (Lipinski definition) is 1. The summed E-state index contributed by atoms with van der Waals surface area (Å²) in [5, 5.41) is 9.58. The second-order valence-electron chi connectivity index (χ2n) is 7.24. The first kappa shape index (κ1) is 24.7. The number of allylic oxidation sites excluding steroid dienone is 2. The average Bonchev–Trinajstić information content (AvgIpc) is 2.62. The molecule has 0 atom stereocenters. The summed E-state index contributed by atoms with van der Waals surface area (Å²) >= 11 is 0. The molecule has 0 bridgehead atoms. The summed E-state index contributed by atoms with van der Waals surface area (Å²) in [6, 6.07) is 14.0. The number of pyridine rings is 1. The van der Waals surface area contributed by atoms with Crippen LogP contribution in [0.3, 0.4) is 0 Å². The predicted octanol–water partition coefficient (Wildman–Crippen LogP) is 6.28. The fourth-order valence-corrected chi connectivity index (χ4v) is 3.15. The third-order valence-electron chi connectivity index (χ3n) is 4.97. The van der Waals surface area contributed by atoms with Gasteiger partial charge in [-0.1, -0.05) is 52.0 Å². The van der Waals surface area contributed by atoms with Crippen LogP contribution >= 0.6 is 0 Å². The number of carbonyl (C=O) groups is 1. The molecule has 29 heavy (non-hydrogen) atoms. The fourth-order valence-electron chi connectivity index (χ4n) is 3.15. The molecule has 1 heterocycles. The topological polar surface area (TPSA) is 50.2 Å². The van der Waals surface area contributed by atoms with Crippen molar-refractivity contribution in [3.63, 3.8) is 0 Å². The predicted molar refractivity (Wildman–Crippen MR) is 117 cm³/mol. The minimum Gasteiger partial charge on any atom is -0.512 e. The summed E-state index contributed by atoms with van der Waals surface area (Å²) in [6.07, 6.45) is 1.17. The van der Waals surface area contributed by atoms with Crippen molar-refractivity contribution in [1.29, 1.82) is 0 Å². The summed E-state index contributed by atoms with van der Waals surface area (Å²) < 4.78 is 0. The Morgan fingerprint density at radius 2 is 1.62 bits per heavy atom. The Labute approximate surface area is 187 Å². The van der Waals surface area contributed by atoms with Gasteiger partial charge in [-0.3, -0.25) is 9.78 Å². The number of fused-ring (bicyclic) bond motifs is 1. The summed E-state index contributed by atoms with van der Waals surface area (Å²) in [5.41, 5.74) is 9.62. The van der Waals surface area contributed by atoms with Crippen LogP contribution in [0.1, 0.15) is 41.7 Å². The first-order chi connectivity index (χ1) is 13.1. The molecule has 0 amide bonds. The molecule has 0 fully saturated rings. The van der Waals surface area contributed by atoms with E-state index in [0.29, 0.717) is 0 Å². The van der Waals surface area contributed by atoms with E-state index in [-0.39, 0.29) is 31.6 Å². The summed E-state index contributed by atoms with van der Waals surface area (Å²) in [4.78, 5) is 14.9. The number of ketones is 1. The van der Waals surface area contributed by atoms with Crippen LogP contribution in [0.2, 0.25) is 0 Å². The Bertz CT molecular complexity index is 1060. The molecular formula is C25H28IrNO2-. The van der Waals surface area contributed by atoms with Crippen molar-refractivity contribution in [1.82, 2.24) is 4.98 Å². The monoisotopic (exact) mass is 567 g/mol. The van der Waals surface area contributed by atoms with Crippen LogP contribution in [0.5, 0.6) is 0 Å². The Hall–Kier alpha value is -2.29. The standard InChI is InChI=1S/C20H20N.C5H8O2.Ir/c1-12-10-18(16(5)15(4)14(12)3)20-11-13(2)17-8-6-7-9-19(17)21-20;1-4(6)3-5(2)7;/h6-9,11H,1-5H3;3,6H,1-2H3;/q-1;;/b;4-3-;. The number of aryl methyl sites for hydroxylation is 2. The number of aliphatic hydroxyl groups is 1. The number of aliphatic hydroxyl groups excluding tert-OH is 1. The van der Waals surface area contributed by atoms with E-state index in [1.54, 1.807) is 0 Å². The van der Waals surface area contributed by atoms with Crippen molar-refractivity contribution in [2.24, 2.45) is 0 Å². The normalized spacial score (nSPS) is 10.8. The van der Waals surface area contributed by atoms with Crippen molar-refractivity contribution in [3.05, 3.63) is 76.1 Å². The molecule has 0 aliphatic rings. The molecule has 155 valence electrons. The molecule has 3 rings (SSSR count). The molecule has 3 nitrogen and oxygen atoms in total. The maximum absolute atomic E-state index is 10.0. The van der Waals surface area contributed by atoms with Gasteiger partial charge in [0.1, 0.15) is 0 Å². The van der Waals surface area contributed by atoms with Gasteiger partial charge in [-0.05, 0) is 38.1 Å². The summed E-state index contributed by atoms with van der Waals surface area (Å²) in [5.74, 6) is -0.0625. The van der Waals surface area contributed by atoms with Crippen LogP contribution in [-0.4, -0.2) is 15.9 Å². The summed E-state index contributed by atoms with van der Waals surface area (Å²) in [7, 11) is 0. The molecular weight excluding hydrogens is 538 g/mol. The van der Waals surface area contributed by atoms with Crippen LogP contribution in [0, 0.1) is 40.7 Å². The van der Waals surface area contributed by atoms with Gasteiger partial charge in [-0.25, -0.2) is 0 Å². The Morgan fingerprint density at radius 1 is 1.00 bits per heavy atom. The number of para-hydroxylation sites is 1. The largest absolute Gasteiger partial charge is 0.512 e. The van der Waals surface area contributed by atoms with Gasteiger partial charge in [0.15, 0.2) is 5.78 Å². The molecule has 1 radical (unpaired) electrons. The molecule has 2 aromatic carbocycles. The maximum atomic E-state index is 10.0. The first-order valence-electron chi connectivity index (χ1n) is 9.36. The molecule has 1 aromatic heterocycles. The number of carbonyl (C=O) groups excluding carboxylic acids is 1. The molecule has 3 aromatic rings. The van der Waals surface area contributed by atoms with E-state index >= 15 is 0 Å². The van der Waals surface area contributed by atoms with E-state index in [4.69, 9.17) is 10.1 Å². The smallest absolute Gasteiger partial charge is 0.155 e. The Kier molecular flexibility index (Phi) is 8.94. The maximum Gasteiger partial charge on any atom is 0.155 e. The molecule has 0 saturated heterocycles. The van der Waals surface area contributed by atoms with Gasteiger partial charge in [-0.2, -0.15) is 0 Å². The van der Waals surface area contributed by atoms with Gasteiger partial charge in [0.2, 0.25) is 0 Å². The third kappa shape index (κ3) is 6.09. The van der Waals surface area contributed by atoms with Gasteiger partial charge in [-0.15, -0.1) is 33.9 Å². The van der Waals surface area contributed by atoms with E-state index in [2.05, 4.69) is 65.0 Å². The second-order valence-corrected chi connectivity index (χ2v) is 7.24. The number of aromatic nitrogens is 1. The van der Waals surface area contributed by atoms with Crippen LogP contribution in [-0.2, 0) is 24.9 Å². The van der Waals surface area contributed by atoms with E-state index in [1.165, 1.54) is 53.1 Å². The van der Waals surface area contributed by atoms with E-state index < -0.39 is 0 Å². The van der Waals surface area contributed by atoms with E-state index in [9.17, 15) is 4.79 Å². The van der Waals surface area contributed by atoms with Crippen LogP contribution < -0.4 is 0 Å². The molecule has 1 N–H and O–H groups in total. The minimum absolute atomic E-state index is 0. The van der Waals surface area contributed by atoms with Crippen LogP contribution in [0.4, 0.5) is 0 Å². The van der Waals surface area contributed by atoms with Gasteiger partial charge in [0.05, 0.1) is 11.3 Å². The molecule has 0 spiro atoms. The zero-order valence-electron chi connectivity index (χ0n) is 18.1. The van der Waals surface area contributed by atoms with Gasteiger partial charge < -0.3 is 5.11 Å². The van der Waals surface area contributed by atoms with Crippen molar-refractivity contribution in [2.75, 3.05) is 0 Å². The van der Waals surface area contributed by atoms with Crippen molar-refractivity contribution < 1.29 is 30.0 Å². The SMILES string of the molecule is CC(=O)/C=C(/C)O.Cc1[c-]c(-c2cc(C)c3ccccc3n2)c(C)c(C)c1C.[Ir]. The molecule has 0 aliphatic carbocycles. The zero-order chi connectivity index (χ0) is 21.0. The quantitative estimate of drug-likeness (QED) is 0.226. The van der Waals surface area contributed by atoms with Crippen LogP contribution in [0.15, 0.2) is 42.2 Å². The first-order valence-corrected chi connectivity index (χ1v) is 9.36. The number of rotatable bonds is 2. The Morgan fingerprint density at radius 3 is 2.17 bits per heavy atom. The summed E-state index contributed by atoms with van der Waals surface area (Å²) in [6.45, 7) is 13.6. The Balaban J connectivity index is 0.000000456. The van der Waals surface area contributed by atoms with E-state index in [0.717, 1.165) is 16.8 Å². The third-order valence-corrected chi connectivity index (χ3v) is 4.97. The van der Waals surface area contributed by atoms with Gasteiger partial charge >= 0.3 is 0 Å². The molecule has 0 unspecified atom stereocenters. The second kappa shape index (κ2) is 10.5. The van der Waals surface area contributed by atoms with Crippen LogP contribution in [0.25, 0.3) is 22.2 Å². The molecule has 0 aliphatic heterocycles. The number of benzene rings is 2. The number of nitrogens with zero attached hydrogens (tertiary/aromatic N) is 1. The number of hydrogen-bond acceptors (Lipinski definition) is 3. The minimum atomic E-state index is -0.125. The van der Waals surface area contributed by atoms with Crippen molar-refractivity contribution >= 4 is 16.7 Å².